The lowest BCUT2D eigenvalue weighted by atomic mass is 10.2. The smallest absolute Gasteiger partial charge is 0.201 e. The molecule has 0 saturated heterocycles. The molecule has 90 valence electrons. The lowest BCUT2D eigenvalue weighted by molar-refractivity contribution is 0.0921. The number of nitriles is 1. The quantitative estimate of drug-likeness (QED) is 0.769. The minimum atomic E-state index is -0.0852. The number of nitrogens with zero attached hydrogens (tertiary/aromatic N) is 2. The van der Waals surface area contributed by atoms with Crippen molar-refractivity contribution in [3.63, 3.8) is 0 Å². The molecule has 0 bridgehead atoms. The molecule has 0 aliphatic rings. The number of ketones is 1. The molecule has 18 heavy (non-hydrogen) atoms. The molecular formula is C14H12N2O2. The molecule has 0 saturated carbocycles. The van der Waals surface area contributed by atoms with Gasteiger partial charge in [0.1, 0.15) is 5.75 Å². The fourth-order valence-corrected chi connectivity index (χ4v) is 1.56. The van der Waals surface area contributed by atoms with Gasteiger partial charge in [0.05, 0.1) is 11.6 Å². The van der Waals surface area contributed by atoms with Gasteiger partial charge < -0.3 is 9.30 Å². The fraction of sp³-hybridized carbons (Fsp3) is 0.143. The predicted molar refractivity (Wildman–Crippen MR) is 66.4 cm³/mol. The van der Waals surface area contributed by atoms with Crippen molar-refractivity contribution in [1.29, 1.82) is 5.26 Å². The first-order chi connectivity index (χ1) is 8.69. The van der Waals surface area contributed by atoms with E-state index in [9.17, 15) is 4.79 Å². The summed E-state index contributed by atoms with van der Waals surface area (Å²) < 4.78 is 7.17. The average molecular weight is 240 g/mol. The van der Waals surface area contributed by atoms with Crippen LogP contribution >= 0.6 is 0 Å². The second-order valence-electron chi connectivity index (χ2n) is 3.92. The zero-order chi connectivity index (χ0) is 13.0. The Hall–Kier alpha value is -2.54. The Morgan fingerprint density at radius 2 is 2.28 bits per heavy atom. The molecule has 1 aromatic heterocycles. The minimum absolute atomic E-state index is 0.0289. The number of benzene rings is 1. The Labute approximate surface area is 105 Å². The summed E-state index contributed by atoms with van der Waals surface area (Å²) in [6.45, 7) is -0.0289. The van der Waals surface area contributed by atoms with Gasteiger partial charge in [-0.1, -0.05) is 6.07 Å². The third-order valence-corrected chi connectivity index (χ3v) is 2.49. The van der Waals surface area contributed by atoms with Crippen molar-refractivity contribution in [3.05, 3.63) is 53.9 Å². The number of Topliss-reactive ketones (excluding diaryl/α,β-unsaturated/α-hetero) is 1. The van der Waals surface area contributed by atoms with Crippen LogP contribution in [0.25, 0.3) is 0 Å². The van der Waals surface area contributed by atoms with Gasteiger partial charge in [-0.3, -0.25) is 4.79 Å². The summed E-state index contributed by atoms with van der Waals surface area (Å²) in [7, 11) is 1.86. The monoisotopic (exact) mass is 240 g/mol. The summed E-state index contributed by atoms with van der Waals surface area (Å²) in [6.07, 6.45) is 3.56. The maximum absolute atomic E-state index is 11.8. The Morgan fingerprint density at radius 3 is 2.94 bits per heavy atom. The van der Waals surface area contributed by atoms with E-state index in [-0.39, 0.29) is 12.4 Å². The Bertz CT molecular complexity index is 608. The third kappa shape index (κ3) is 2.77. The van der Waals surface area contributed by atoms with Crippen LogP contribution in [0.15, 0.2) is 42.7 Å². The highest BCUT2D eigenvalue weighted by molar-refractivity contribution is 5.97. The molecule has 0 unspecified atom stereocenters. The zero-order valence-corrected chi connectivity index (χ0v) is 9.96. The molecule has 4 heteroatoms. The highest BCUT2D eigenvalue weighted by Crippen LogP contribution is 2.13. The van der Waals surface area contributed by atoms with Gasteiger partial charge in [0.15, 0.2) is 6.61 Å². The van der Waals surface area contributed by atoms with Crippen LogP contribution in [0.1, 0.15) is 15.9 Å². The van der Waals surface area contributed by atoms with Crippen LogP contribution in [-0.2, 0) is 7.05 Å². The molecule has 0 spiro atoms. The van der Waals surface area contributed by atoms with Crippen LogP contribution < -0.4 is 4.74 Å². The summed E-state index contributed by atoms with van der Waals surface area (Å²) in [5, 5.41) is 8.74. The molecule has 0 fully saturated rings. The second-order valence-corrected chi connectivity index (χ2v) is 3.92. The van der Waals surface area contributed by atoms with E-state index in [1.165, 1.54) is 0 Å². The SMILES string of the molecule is Cn1ccc(C(=O)COc2cccc(C#N)c2)c1. The topological polar surface area (TPSA) is 55.0 Å². The minimum Gasteiger partial charge on any atom is -0.485 e. The van der Waals surface area contributed by atoms with E-state index in [2.05, 4.69) is 0 Å². The molecule has 4 nitrogen and oxygen atoms in total. The Kier molecular flexibility index (Phi) is 3.44. The van der Waals surface area contributed by atoms with E-state index in [0.717, 1.165) is 0 Å². The molecule has 1 aromatic carbocycles. The van der Waals surface area contributed by atoms with Crippen LogP contribution in [0, 0.1) is 11.3 Å². The van der Waals surface area contributed by atoms with Gasteiger partial charge in [-0.2, -0.15) is 5.26 Å². The zero-order valence-electron chi connectivity index (χ0n) is 9.96. The van der Waals surface area contributed by atoms with Gasteiger partial charge in [-0.05, 0) is 24.3 Å². The largest absolute Gasteiger partial charge is 0.485 e. The van der Waals surface area contributed by atoms with E-state index in [0.29, 0.717) is 16.9 Å². The molecule has 0 atom stereocenters. The molecule has 2 aromatic rings. The van der Waals surface area contributed by atoms with E-state index in [4.69, 9.17) is 10.00 Å². The van der Waals surface area contributed by atoms with Gasteiger partial charge >= 0.3 is 0 Å². The standard InChI is InChI=1S/C14H12N2O2/c1-16-6-5-12(9-16)14(17)10-18-13-4-2-3-11(7-13)8-15/h2-7,9H,10H2,1H3. The van der Waals surface area contributed by atoms with Gasteiger partial charge in [0, 0.05) is 25.0 Å². The van der Waals surface area contributed by atoms with Gasteiger partial charge in [-0.15, -0.1) is 0 Å². The lowest BCUT2D eigenvalue weighted by Gasteiger charge is -2.04. The van der Waals surface area contributed by atoms with E-state index >= 15 is 0 Å². The molecular weight excluding hydrogens is 228 g/mol. The molecule has 0 amide bonds. The van der Waals surface area contributed by atoms with Gasteiger partial charge in [0.2, 0.25) is 5.78 Å². The predicted octanol–water partition coefficient (Wildman–Crippen LogP) is 2.16. The summed E-state index contributed by atoms with van der Waals surface area (Å²) in [5.41, 5.74) is 1.13. The number of rotatable bonds is 4. The molecule has 0 aliphatic heterocycles. The second kappa shape index (κ2) is 5.19. The van der Waals surface area contributed by atoms with Crippen LogP contribution in [0.2, 0.25) is 0 Å². The maximum Gasteiger partial charge on any atom is 0.201 e. The number of aryl methyl sites for hydroxylation is 1. The number of aromatic nitrogens is 1. The number of carbonyl (C=O) groups is 1. The normalized spacial score (nSPS) is 9.78. The van der Waals surface area contributed by atoms with E-state index in [1.807, 2.05) is 23.9 Å². The van der Waals surface area contributed by atoms with Crippen LogP contribution in [0.4, 0.5) is 0 Å². The van der Waals surface area contributed by atoms with Gasteiger partial charge in [-0.25, -0.2) is 0 Å². The third-order valence-electron chi connectivity index (χ3n) is 2.49. The maximum atomic E-state index is 11.8. The lowest BCUT2D eigenvalue weighted by Crippen LogP contribution is -2.10. The number of hydrogen-bond acceptors (Lipinski definition) is 3. The number of hydrogen-bond donors (Lipinski definition) is 0. The first-order valence-electron chi connectivity index (χ1n) is 5.47. The highest BCUT2D eigenvalue weighted by Gasteiger charge is 2.08. The van der Waals surface area contributed by atoms with Crippen molar-refractivity contribution >= 4 is 5.78 Å². The molecule has 0 N–H and O–H groups in total. The molecule has 0 aliphatic carbocycles. The van der Waals surface area contributed by atoms with Crippen molar-refractivity contribution in [2.75, 3.05) is 6.61 Å². The van der Waals surface area contributed by atoms with Crippen LogP contribution in [0.5, 0.6) is 5.75 Å². The highest BCUT2D eigenvalue weighted by atomic mass is 16.5. The first kappa shape index (κ1) is 11.9. The van der Waals surface area contributed by atoms with Gasteiger partial charge in [0.25, 0.3) is 0 Å². The fourth-order valence-electron chi connectivity index (χ4n) is 1.56. The van der Waals surface area contributed by atoms with Crippen molar-refractivity contribution in [3.8, 4) is 11.8 Å². The summed E-state index contributed by atoms with van der Waals surface area (Å²) >= 11 is 0. The summed E-state index contributed by atoms with van der Waals surface area (Å²) in [5.74, 6) is 0.441. The summed E-state index contributed by atoms with van der Waals surface area (Å²) in [6, 6.07) is 10.5. The number of ether oxygens (including phenoxy) is 1. The Morgan fingerprint density at radius 1 is 1.44 bits per heavy atom. The molecule has 1 heterocycles. The molecule has 0 radical (unpaired) electrons. The Balaban J connectivity index is 1.99. The van der Waals surface area contributed by atoms with E-state index < -0.39 is 0 Å². The van der Waals surface area contributed by atoms with E-state index in [1.54, 1.807) is 36.5 Å². The first-order valence-corrected chi connectivity index (χ1v) is 5.47. The summed E-state index contributed by atoms with van der Waals surface area (Å²) in [4.78, 5) is 11.8. The average Bonchev–Trinajstić information content (AvgIpc) is 2.83. The van der Waals surface area contributed by atoms with Crippen LogP contribution in [0.3, 0.4) is 0 Å². The van der Waals surface area contributed by atoms with Crippen LogP contribution in [-0.4, -0.2) is 17.0 Å². The number of carbonyl (C=O) groups excluding carboxylic acids is 1. The van der Waals surface area contributed by atoms with Crippen molar-refractivity contribution in [2.24, 2.45) is 7.05 Å². The van der Waals surface area contributed by atoms with Crippen molar-refractivity contribution < 1.29 is 9.53 Å². The van der Waals surface area contributed by atoms with Crippen molar-refractivity contribution in [2.45, 2.75) is 0 Å². The molecule has 2 rings (SSSR count). The van der Waals surface area contributed by atoms with Crippen molar-refractivity contribution in [1.82, 2.24) is 4.57 Å².